The summed E-state index contributed by atoms with van der Waals surface area (Å²) in [4.78, 5) is 42.2. The number of nitrogens with zero attached hydrogens (tertiary/aromatic N) is 1. The third-order valence-corrected chi connectivity index (χ3v) is 10.5. The summed E-state index contributed by atoms with van der Waals surface area (Å²) in [5, 5.41) is 9.29. The van der Waals surface area contributed by atoms with Gasteiger partial charge in [-0.2, -0.15) is 0 Å². The van der Waals surface area contributed by atoms with Gasteiger partial charge in [-0.3, -0.25) is 14.4 Å². The SMILES string of the molecule is CN[C@@H](C)C(=O)N[C@H]1CC[SH](C)C2CC(C)(C)[C@@H](C(=O)N[C@H]3c4ccccc4C[C@H]3C)N2C1=O. The number of carbonyl (C=O) groups excluding carboxylic acids is 3. The summed E-state index contributed by atoms with van der Waals surface area (Å²) in [5.74, 6) is 0.835. The van der Waals surface area contributed by atoms with Crippen LogP contribution in [-0.2, 0) is 20.8 Å². The molecule has 0 bridgehead atoms. The maximum absolute atomic E-state index is 13.9. The molecule has 3 aliphatic rings. The fourth-order valence-electron chi connectivity index (χ4n) is 5.95. The number of benzene rings is 1. The summed E-state index contributed by atoms with van der Waals surface area (Å²) in [6, 6.07) is 6.74. The summed E-state index contributed by atoms with van der Waals surface area (Å²) >= 11 is 0. The van der Waals surface area contributed by atoms with Gasteiger partial charge in [0.15, 0.2) is 0 Å². The summed E-state index contributed by atoms with van der Waals surface area (Å²) in [5.41, 5.74) is 2.13. The normalized spacial score (nSPS) is 34.1. The molecule has 0 saturated carbocycles. The van der Waals surface area contributed by atoms with Crippen molar-refractivity contribution in [1.29, 1.82) is 0 Å². The Hall–Kier alpha value is -2.06. The highest BCUT2D eigenvalue weighted by atomic mass is 32.2. The van der Waals surface area contributed by atoms with E-state index in [0.717, 1.165) is 18.6 Å². The lowest BCUT2D eigenvalue weighted by Gasteiger charge is -2.36. The number of carbonyl (C=O) groups is 3. The lowest BCUT2D eigenvalue weighted by molar-refractivity contribution is -0.144. The molecule has 0 aromatic heterocycles. The van der Waals surface area contributed by atoms with E-state index in [0.29, 0.717) is 12.3 Å². The predicted molar refractivity (Wildman–Crippen MR) is 138 cm³/mol. The number of thiol groups is 1. The number of fused-ring (bicyclic) bond motifs is 2. The number of amides is 3. The zero-order chi connectivity index (χ0) is 24.8. The van der Waals surface area contributed by atoms with E-state index in [-0.39, 0.29) is 40.6 Å². The Morgan fingerprint density at radius 1 is 1.21 bits per heavy atom. The molecule has 3 amide bonds. The quantitative estimate of drug-likeness (QED) is 0.478. The van der Waals surface area contributed by atoms with Gasteiger partial charge < -0.3 is 20.9 Å². The van der Waals surface area contributed by atoms with E-state index >= 15 is 0 Å². The van der Waals surface area contributed by atoms with Gasteiger partial charge in [-0.25, -0.2) is 10.9 Å². The maximum Gasteiger partial charge on any atom is 0.246 e. The molecule has 2 saturated heterocycles. The van der Waals surface area contributed by atoms with Gasteiger partial charge >= 0.3 is 0 Å². The molecule has 4 rings (SSSR count). The average Bonchev–Trinajstić information content (AvgIpc) is 3.24. The molecule has 1 aromatic rings. The number of likely N-dealkylation sites (N-methyl/N-ethyl adjacent to an activating group) is 1. The zero-order valence-corrected chi connectivity index (χ0v) is 22.1. The van der Waals surface area contributed by atoms with Crippen LogP contribution in [0.25, 0.3) is 0 Å². The molecule has 0 spiro atoms. The number of rotatable bonds is 5. The monoisotopic (exact) mass is 488 g/mol. The van der Waals surface area contributed by atoms with E-state index in [4.69, 9.17) is 0 Å². The zero-order valence-electron chi connectivity index (χ0n) is 21.2. The molecule has 1 aromatic carbocycles. The Labute approximate surface area is 206 Å². The highest BCUT2D eigenvalue weighted by Crippen LogP contribution is 2.51. The molecule has 2 heterocycles. The number of hydrogen-bond donors (Lipinski definition) is 4. The van der Waals surface area contributed by atoms with Crippen molar-refractivity contribution in [1.82, 2.24) is 20.9 Å². The van der Waals surface area contributed by atoms with Crippen molar-refractivity contribution in [2.75, 3.05) is 19.1 Å². The highest BCUT2D eigenvalue weighted by Gasteiger charge is 2.55. The van der Waals surface area contributed by atoms with Gasteiger partial charge in [-0.1, -0.05) is 45.0 Å². The highest BCUT2D eigenvalue weighted by molar-refractivity contribution is 8.16. The Bertz CT molecular complexity index is 967. The molecule has 2 fully saturated rings. The van der Waals surface area contributed by atoms with Crippen molar-refractivity contribution < 1.29 is 14.4 Å². The Balaban J connectivity index is 1.60. The summed E-state index contributed by atoms with van der Waals surface area (Å²) in [7, 11) is 1.25. The molecule has 1 aliphatic carbocycles. The van der Waals surface area contributed by atoms with Gasteiger partial charge in [0.1, 0.15) is 12.1 Å². The number of hydrogen-bond acceptors (Lipinski definition) is 4. The van der Waals surface area contributed by atoms with Gasteiger partial charge in [0.25, 0.3) is 0 Å². The minimum atomic E-state index is -0.589. The molecule has 3 N–H and O–H groups in total. The van der Waals surface area contributed by atoms with Crippen LogP contribution in [0.2, 0.25) is 0 Å². The fraction of sp³-hybridized carbons (Fsp3) is 0.654. The second-order valence-electron chi connectivity index (χ2n) is 11.0. The van der Waals surface area contributed by atoms with Crippen LogP contribution in [0.15, 0.2) is 24.3 Å². The Morgan fingerprint density at radius 3 is 2.62 bits per heavy atom. The van der Waals surface area contributed by atoms with E-state index in [9.17, 15) is 14.4 Å². The van der Waals surface area contributed by atoms with E-state index in [2.05, 4.69) is 55.1 Å². The van der Waals surface area contributed by atoms with E-state index < -0.39 is 23.0 Å². The first-order valence-electron chi connectivity index (χ1n) is 12.4. The molecule has 2 unspecified atom stereocenters. The van der Waals surface area contributed by atoms with E-state index in [1.807, 2.05) is 17.0 Å². The summed E-state index contributed by atoms with van der Waals surface area (Å²) in [6.45, 7) is 8.16. The smallest absolute Gasteiger partial charge is 0.246 e. The van der Waals surface area contributed by atoms with Crippen LogP contribution in [0.1, 0.15) is 57.7 Å². The van der Waals surface area contributed by atoms with Gasteiger partial charge in [0.2, 0.25) is 17.7 Å². The third-order valence-electron chi connectivity index (χ3n) is 8.07. The van der Waals surface area contributed by atoms with Crippen LogP contribution in [-0.4, -0.2) is 65.2 Å². The van der Waals surface area contributed by atoms with Crippen molar-refractivity contribution in [3.05, 3.63) is 35.4 Å². The fourth-order valence-corrected chi connectivity index (χ4v) is 8.36. The Kier molecular flexibility index (Phi) is 7.02. The number of nitrogens with one attached hydrogen (secondary N) is 3. The van der Waals surface area contributed by atoms with Gasteiger partial charge in [-0.15, -0.1) is 0 Å². The van der Waals surface area contributed by atoms with Gasteiger partial charge in [0, 0.05) is 0 Å². The first-order valence-corrected chi connectivity index (χ1v) is 14.5. The average molecular weight is 489 g/mol. The molecule has 8 heteroatoms. The molecular weight excluding hydrogens is 448 g/mol. The largest absolute Gasteiger partial charge is 0.347 e. The standard InChI is InChI=1S/C26H40N4O3S/c1-15-13-17-9-7-8-10-18(17)21(15)29-24(32)22-26(3,4)14-20-30(22)25(33)19(11-12-34(20)6)28-23(31)16(2)27-5/h7-10,15-16,19-22,27,34H,11-14H2,1-6H3,(H,28,31)(H,29,32)/t15-,16+,19+,20?,21-,22-/m1/s1. The van der Waals surface area contributed by atoms with Crippen LogP contribution >= 0.6 is 10.9 Å². The molecule has 7 nitrogen and oxygen atoms in total. The molecular formula is C26H40N4O3S. The van der Waals surface area contributed by atoms with Gasteiger partial charge in [-0.05, 0) is 67.7 Å². The van der Waals surface area contributed by atoms with Crippen molar-refractivity contribution in [2.45, 2.75) is 76.5 Å². The van der Waals surface area contributed by atoms with Crippen LogP contribution in [0.5, 0.6) is 0 Å². The molecule has 188 valence electrons. The second kappa shape index (κ2) is 9.53. The molecule has 0 radical (unpaired) electrons. The Morgan fingerprint density at radius 2 is 1.91 bits per heavy atom. The van der Waals surface area contributed by atoms with Crippen LogP contribution in [0, 0.1) is 11.3 Å². The lowest BCUT2D eigenvalue weighted by atomic mass is 9.83. The third kappa shape index (κ3) is 4.47. The minimum absolute atomic E-state index is 0.0456. The predicted octanol–water partition coefficient (Wildman–Crippen LogP) is 2.12. The van der Waals surface area contributed by atoms with Crippen molar-refractivity contribution in [2.24, 2.45) is 11.3 Å². The van der Waals surface area contributed by atoms with Crippen LogP contribution < -0.4 is 16.0 Å². The summed E-state index contributed by atoms with van der Waals surface area (Å²) in [6.07, 6.45) is 4.60. The molecule has 34 heavy (non-hydrogen) atoms. The summed E-state index contributed by atoms with van der Waals surface area (Å²) < 4.78 is 0. The maximum atomic E-state index is 13.9. The first-order chi connectivity index (χ1) is 16.0. The van der Waals surface area contributed by atoms with Crippen LogP contribution in [0.4, 0.5) is 0 Å². The van der Waals surface area contributed by atoms with E-state index in [1.54, 1.807) is 14.0 Å². The minimum Gasteiger partial charge on any atom is -0.347 e. The van der Waals surface area contributed by atoms with Gasteiger partial charge in [0.05, 0.1) is 17.5 Å². The van der Waals surface area contributed by atoms with Crippen molar-refractivity contribution in [3.8, 4) is 0 Å². The lowest BCUT2D eigenvalue weighted by Crippen LogP contribution is -2.58. The van der Waals surface area contributed by atoms with E-state index in [1.165, 1.54) is 11.1 Å². The second-order valence-corrected chi connectivity index (χ2v) is 13.6. The first kappa shape index (κ1) is 25.0. The van der Waals surface area contributed by atoms with Crippen LogP contribution in [0.3, 0.4) is 0 Å². The molecule has 7 atom stereocenters. The van der Waals surface area contributed by atoms with Crippen molar-refractivity contribution >= 4 is 28.6 Å². The topological polar surface area (TPSA) is 90.5 Å². The molecule has 2 aliphatic heterocycles. The van der Waals surface area contributed by atoms with Crippen molar-refractivity contribution in [3.63, 3.8) is 0 Å².